The van der Waals surface area contributed by atoms with E-state index in [4.69, 9.17) is 0 Å². The van der Waals surface area contributed by atoms with Crippen molar-refractivity contribution in [1.82, 2.24) is 0 Å². The van der Waals surface area contributed by atoms with Crippen LogP contribution in [0.25, 0.3) is 10.8 Å². The van der Waals surface area contributed by atoms with E-state index in [9.17, 15) is 10.2 Å². The van der Waals surface area contributed by atoms with Crippen LogP contribution in [0.2, 0.25) is 0 Å². The zero-order valence-electron chi connectivity index (χ0n) is 10.8. The van der Waals surface area contributed by atoms with Crippen LogP contribution in [0, 0.1) is 0 Å². The van der Waals surface area contributed by atoms with Crippen molar-refractivity contribution in [3.8, 4) is 0 Å². The molecule has 98 valence electrons. The Balaban J connectivity index is 2.03. The third-order valence-corrected chi connectivity index (χ3v) is 4.13. The van der Waals surface area contributed by atoms with E-state index in [0.29, 0.717) is 0 Å². The monoisotopic (exact) mass is 262 g/mol. The number of hydrogen-bond donors (Lipinski definition) is 2. The molecule has 0 spiro atoms. The van der Waals surface area contributed by atoms with Crippen molar-refractivity contribution in [2.75, 3.05) is 0 Å². The summed E-state index contributed by atoms with van der Waals surface area (Å²) in [4.78, 5) is 0. The summed E-state index contributed by atoms with van der Waals surface area (Å²) >= 11 is 0. The van der Waals surface area contributed by atoms with Gasteiger partial charge in [0.05, 0.1) is 0 Å². The quantitative estimate of drug-likeness (QED) is 0.652. The van der Waals surface area contributed by atoms with Crippen LogP contribution in [0.1, 0.15) is 34.5 Å². The Labute approximate surface area is 116 Å². The molecule has 0 heterocycles. The Hall–Kier alpha value is -2.16. The molecule has 2 nitrogen and oxygen atoms in total. The zero-order valence-corrected chi connectivity index (χ0v) is 10.8. The predicted molar refractivity (Wildman–Crippen MR) is 78.5 cm³/mol. The molecule has 0 aliphatic heterocycles. The SMILES string of the molecule is O[C@@H]1c2ccccc2[C@H](O)c2cc3ccccc3cc21. The second kappa shape index (κ2) is 4.17. The average molecular weight is 262 g/mol. The maximum absolute atomic E-state index is 10.6. The first-order valence-corrected chi connectivity index (χ1v) is 6.73. The molecule has 4 rings (SSSR count). The number of rotatable bonds is 0. The van der Waals surface area contributed by atoms with Gasteiger partial charge in [-0.3, -0.25) is 0 Å². The van der Waals surface area contributed by atoms with Gasteiger partial charge in [-0.2, -0.15) is 0 Å². The number of aliphatic hydroxyl groups excluding tert-OH is 2. The molecule has 0 fully saturated rings. The molecule has 0 radical (unpaired) electrons. The molecule has 0 bridgehead atoms. The second-order valence-electron chi connectivity index (χ2n) is 5.26. The minimum absolute atomic E-state index is 0.672. The predicted octanol–water partition coefficient (Wildman–Crippen LogP) is 3.32. The third kappa shape index (κ3) is 1.52. The molecule has 3 aromatic rings. The summed E-state index contributed by atoms with van der Waals surface area (Å²) in [6.45, 7) is 0. The Kier molecular flexibility index (Phi) is 2.43. The molecule has 2 atom stereocenters. The van der Waals surface area contributed by atoms with Gasteiger partial charge < -0.3 is 10.2 Å². The van der Waals surface area contributed by atoms with Crippen molar-refractivity contribution >= 4 is 10.8 Å². The number of fused-ring (bicyclic) bond motifs is 3. The number of hydrogen-bond acceptors (Lipinski definition) is 2. The molecular formula is C18H14O2. The van der Waals surface area contributed by atoms with Gasteiger partial charge in [-0.05, 0) is 45.2 Å². The van der Waals surface area contributed by atoms with Gasteiger partial charge in [-0.25, -0.2) is 0 Å². The van der Waals surface area contributed by atoms with E-state index < -0.39 is 12.2 Å². The Morgan fingerprint density at radius 1 is 0.550 bits per heavy atom. The number of benzene rings is 3. The number of aliphatic hydroxyl groups is 2. The fraction of sp³-hybridized carbons (Fsp3) is 0.111. The fourth-order valence-electron chi connectivity index (χ4n) is 3.09. The first kappa shape index (κ1) is 11.6. The highest BCUT2D eigenvalue weighted by molar-refractivity contribution is 5.85. The van der Waals surface area contributed by atoms with Crippen LogP contribution < -0.4 is 0 Å². The molecule has 20 heavy (non-hydrogen) atoms. The van der Waals surface area contributed by atoms with Crippen LogP contribution in [0.5, 0.6) is 0 Å². The van der Waals surface area contributed by atoms with Gasteiger partial charge in [-0.15, -0.1) is 0 Å². The lowest BCUT2D eigenvalue weighted by atomic mass is 9.81. The van der Waals surface area contributed by atoms with Crippen LogP contribution in [-0.4, -0.2) is 10.2 Å². The normalized spacial score (nSPS) is 20.5. The van der Waals surface area contributed by atoms with Crippen molar-refractivity contribution in [3.63, 3.8) is 0 Å². The molecule has 2 N–H and O–H groups in total. The largest absolute Gasteiger partial charge is 0.384 e. The van der Waals surface area contributed by atoms with Crippen molar-refractivity contribution in [2.24, 2.45) is 0 Å². The standard InChI is InChI=1S/C18H14O2/c19-17-13-7-3-4-8-14(13)18(20)16-10-12-6-2-1-5-11(12)9-15(16)17/h1-10,17-20H/t17-,18+. The lowest BCUT2D eigenvalue weighted by Gasteiger charge is -2.29. The summed E-state index contributed by atoms with van der Waals surface area (Å²) in [5, 5.41) is 23.3. The van der Waals surface area contributed by atoms with Gasteiger partial charge in [0.25, 0.3) is 0 Å². The smallest absolute Gasteiger partial charge is 0.105 e. The molecular weight excluding hydrogens is 248 g/mol. The summed E-state index contributed by atoms with van der Waals surface area (Å²) in [5.74, 6) is 0. The first-order valence-electron chi connectivity index (χ1n) is 6.73. The highest BCUT2D eigenvalue weighted by Crippen LogP contribution is 2.42. The van der Waals surface area contributed by atoms with Crippen LogP contribution in [0.3, 0.4) is 0 Å². The van der Waals surface area contributed by atoms with Gasteiger partial charge in [0, 0.05) is 0 Å². The van der Waals surface area contributed by atoms with Gasteiger partial charge in [0.1, 0.15) is 12.2 Å². The fourth-order valence-corrected chi connectivity index (χ4v) is 3.09. The minimum atomic E-state index is -0.672. The van der Waals surface area contributed by atoms with Gasteiger partial charge >= 0.3 is 0 Å². The molecule has 0 amide bonds. The zero-order chi connectivity index (χ0) is 13.7. The Bertz CT molecular complexity index is 740. The van der Waals surface area contributed by atoms with Crippen LogP contribution in [0.15, 0.2) is 60.7 Å². The van der Waals surface area contributed by atoms with Gasteiger partial charge in [0.15, 0.2) is 0 Å². The van der Waals surface area contributed by atoms with Crippen molar-refractivity contribution in [3.05, 3.63) is 82.9 Å². The summed E-state index contributed by atoms with van der Waals surface area (Å²) in [5.41, 5.74) is 3.19. The lowest BCUT2D eigenvalue weighted by Crippen LogP contribution is -2.17. The second-order valence-corrected chi connectivity index (χ2v) is 5.26. The van der Waals surface area contributed by atoms with E-state index in [1.54, 1.807) is 0 Å². The van der Waals surface area contributed by atoms with Crippen molar-refractivity contribution in [2.45, 2.75) is 12.2 Å². The molecule has 1 aliphatic rings. The Morgan fingerprint density at radius 2 is 0.950 bits per heavy atom. The van der Waals surface area contributed by atoms with Gasteiger partial charge in [-0.1, -0.05) is 48.5 Å². The summed E-state index contributed by atoms with van der Waals surface area (Å²) in [7, 11) is 0. The van der Waals surface area contributed by atoms with Crippen LogP contribution >= 0.6 is 0 Å². The highest BCUT2D eigenvalue weighted by Gasteiger charge is 2.29. The maximum atomic E-state index is 10.6. The summed E-state index contributed by atoms with van der Waals surface area (Å²) in [6, 6.07) is 19.5. The molecule has 1 aliphatic carbocycles. The van der Waals surface area contributed by atoms with Gasteiger partial charge in [0.2, 0.25) is 0 Å². The van der Waals surface area contributed by atoms with E-state index in [1.807, 2.05) is 60.7 Å². The molecule has 0 saturated carbocycles. The van der Waals surface area contributed by atoms with E-state index in [2.05, 4.69) is 0 Å². The van der Waals surface area contributed by atoms with Crippen molar-refractivity contribution in [1.29, 1.82) is 0 Å². The molecule has 2 heteroatoms. The molecule has 0 saturated heterocycles. The maximum Gasteiger partial charge on any atom is 0.105 e. The topological polar surface area (TPSA) is 40.5 Å². The Morgan fingerprint density at radius 3 is 1.40 bits per heavy atom. The molecule has 0 aromatic heterocycles. The molecule has 0 unspecified atom stereocenters. The molecule has 3 aromatic carbocycles. The van der Waals surface area contributed by atoms with Crippen LogP contribution in [-0.2, 0) is 0 Å². The van der Waals surface area contributed by atoms with Crippen molar-refractivity contribution < 1.29 is 10.2 Å². The van der Waals surface area contributed by atoms with E-state index >= 15 is 0 Å². The van der Waals surface area contributed by atoms with E-state index in [0.717, 1.165) is 33.0 Å². The highest BCUT2D eigenvalue weighted by atomic mass is 16.3. The van der Waals surface area contributed by atoms with E-state index in [1.165, 1.54) is 0 Å². The lowest BCUT2D eigenvalue weighted by molar-refractivity contribution is 0.173. The third-order valence-electron chi connectivity index (χ3n) is 4.13. The average Bonchev–Trinajstić information content (AvgIpc) is 2.51. The van der Waals surface area contributed by atoms with E-state index in [-0.39, 0.29) is 0 Å². The first-order chi connectivity index (χ1) is 9.75. The minimum Gasteiger partial charge on any atom is -0.384 e. The van der Waals surface area contributed by atoms with Crippen LogP contribution in [0.4, 0.5) is 0 Å². The summed E-state index contributed by atoms with van der Waals surface area (Å²) in [6.07, 6.45) is -1.34. The summed E-state index contributed by atoms with van der Waals surface area (Å²) < 4.78 is 0.